The van der Waals surface area contributed by atoms with E-state index in [2.05, 4.69) is 72.1 Å². The lowest BCUT2D eigenvalue weighted by molar-refractivity contribution is 0.262. The smallest absolute Gasteiger partial charge is 0.253 e. The van der Waals surface area contributed by atoms with Crippen LogP contribution in [0.25, 0.3) is 10.9 Å². The maximum absolute atomic E-state index is 13.0. The molecule has 0 aliphatic carbocycles. The summed E-state index contributed by atoms with van der Waals surface area (Å²) in [4.78, 5) is 20.6. The van der Waals surface area contributed by atoms with Gasteiger partial charge in [0.25, 0.3) is 5.56 Å². The van der Waals surface area contributed by atoms with Gasteiger partial charge in [-0.05, 0) is 74.2 Å². The Balaban J connectivity index is 1.86. The molecule has 1 heterocycles. The molecule has 3 aromatic rings. The van der Waals surface area contributed by atoms with Crippen LogP contribution in [0.5, 0.6) is 0 Å². The van der Waals surface area contributed by atoms with Crippen LogP contribution in [-0.2, 0) is 6.54 Å². The van der Waals surface area contributed by atoms with Crippen molar-refractivity contribution < 1.29 is 0 Å². The molecule has 0 aliphatic heterocycles. The highest BCUT2D eigenvalue weighted by Crippen LogP contribution is 2.20. The van der Waals surface area contributed by atoms with Crippen molar-refractivity contribution in [2.45, 2.75) is 47.2 Å². The molecule has 0 spiro atoms. The molecular weight excluding hydrogens is 428 g/mol. The molecule has 0 saturated carbocycles. The molecular formula is C27H36N4OS. The van der Waals surface area contributed by atoms with Crippen LogP contribution >= 0.6 is 12.2 Å². The van der Waals surface area contributed by atoms with Gasteiger partial charge >= 0.3 is 0 Å². The van der Waals surface area contributed by atoms with Crippen molar-refractivity contribution in [3.8, 4) is 0 Å². The number of fused-ring (bicyclic) bond motifs is 1. The highest BCUT2D eigenvalue weighted by Gasteiger charge is 2.17. The van der Waals surface area contributed by atoms with E-state index in [1.165, 1.54) is 11.1 Å². The Hall–Kier alpha value is -2.70. The number of H-pyrrole nitrogens is 1. The molecule has 176 valence electrons. The fourth-order valence-corrected chi connectivity index (χ4v) is 4.38. The predicted molar refractivity (Wildman–Crippen MR) is 143 cm³/mol. The lowest BCUT2D eigenvalue weighted by Gasteiger charge is -2.30. The highest BCUT2D eigenvalue weighted by molar-refractivity contribution is 7.80. The van der Waals surface area contributed by atoms with Crippen LogP contribution in [0, 0.1) is 13.8 Å². The topological polar surface area (TPSA) is 51.4 Å². The van der Waals surface area contributed by atoms with E-state index in [0.29, 0.717) is 11.7 Å². The van der Waals surface area contributed by atoms with Crippen molar-refractivity contribution in [2.75, 3.05) is 26.2 Å². The number of aryl methyl sites for hydroxylation is 2. The van der Waals surface area contributed by atoms with Crippen LogP contribution in [0.2, 0.25) is 0 Å². The SMILES string of the molecule is CCN(CC)CCN(Cc1cc2ccc(C)c(C)c2[nH]c1=O)C(=S)N[C@H](C)c1ccccc1. The number of aromatic amines is 1. The van der Waals surface area contributed by atoms with Gasteiger partial charge in [0.15, 0.2) is 5.11 Å². The maximum atomic E-state index is 13.0. The zero-order chi connectivity index (χ0) is 24.0. The maximum Gasteiger partial charge on any atom is 0.253 e. The van der Waals surface area contributed by atoms with E-state index in [-0.39, 0.29) is 11.6 Å². The molecule has 5 nitrogen and oxygen atoms in total. The second kappa shape index (κ2) is 11.4. The summed E-state index contributed by atoms with van der Waals surface area (Å²) in [6.07, 6.45) is 0. The van der Waals surface area contributed by atoms with Crippen molar-refractivity contribution >= 4 is 28.2 Å². The van der Waals surface area contributed by atoms with Crippen molar-refractivity contribution in [1.82, 2.24) is 20.1 Å². The molecule has 0 bridgehead atoms. The molecule has 3 rings (SSSR count). The molecule has 0 saturated heterocycles. The van der Waals surface area contributed by atoms with E-state index in [1.54, 1.807) is 0 Å². The first-order valence-electron chi connectivity index (χ1n) is 11.8. The molecule has 1 aromatic heterocycles. The number of likely N-dealkylation sites (N-methyl/N-ethyl adjacent to an activating group) is 1. The Kier molecular flexibility index (Phi) is 8.64. The number of nitrogens with zero attached hydrogens (tertiary/aromatic N) is 2. The van der Waals surface area contributed by atoms with Crippen molar-refractivity contribution in [3.05, 3.63) is 81.1 Å². The monoisotopic (exact) mass is 464 g/mol. The quantitative estimate of drug-likeness (QED) is 0.440. The lowest BCUT2D eigenvalue weighted by Crippen LogP contribution is -2.44. The van der Waals surface area contributed by atoms with Crippen LogP contribution in [0.4, 0.5) is 0 Å². The van der Waals surface area contributed by atoms with Gasteiger partial charge in [0.2, 0.25) is 0 Å². The lowest BCUT2D eigenvalue weighted by atomic mass is 10.0. The largest absolute Gasteiger partial charge is 0.356 e. The van der Waals surface area contributed by atoms with Crippen LogP contribution < -0.4 is 10.9 Å². The molecule has 33 heavy (non-hydrogen) atoms. The number of hydrogen-bond acceptors (Lipinski definition) is 3. The zero-order valence-corrected chi connectivity index (χ0v) is 21.3. The van der Waals surface area contributed by atoms with Gasteiger partial charge in [-0.15, -0.1) is 0 Å². The molecule has 0 unspecified atom stereocenters. The van der Waals surface area contributed by atoms with E-state index in [9.17, 15) is 4.79 Å². The summed E-state index contributed by atoms with van der Waals surface area (Å²) >= 11 is 5.84. The summed E-state index contributed by atoms with van der Waals surface area (Å²) in [5.74, 6) is 0. The summed E-state index contributed by atoms with van der Waals surface area (Å²) in [6, 6.07) is 16.5. The number of rotatable bonds is 9. The third-order valence-electron chi connectivity index (χ3n) is 6.50. The minimum absolute atomic E-state index is 0.0528. The fourth-order valence-electron chi connectivity index (χ4n) is 4.05. The Labute approximate surface area is 202 Å². The van der Waals surface area contributed by atoms with E-state index in [0.717, 1.165) is 48.2 Å². The molecule has 2 aromatic carbocycles. The van der Waals surface area contributed by atoms with E-state index in [1.807, 2.05) is 31.2 Å². The van der Waals surface area contributed by atoms with Gasteiger partial charge in [-0.25, -0.2) is 0 Å². The normalized spacial score (nSPS) is 12.2. The Morgan fingerprint density at radius 2 is 1.76 bits per heavy atom. The van der Waals surface area contributed by atoms with E-state index >= 15 is 0 Å². The summed E-state index contributed by atoms with van der Waals surface area (Å²) in [5.41, 5.74) is 5.05. The Morgan fingerprint density at radius 1 is 1.06 bits per heavy atom. The minimum atomic E-state index is -0.0528. The van der Waals surface area contributed by atoms with Crippen LogP contribution in [0.3, 0.4) is 0 Å². The Morgan fingerprint density at radius 3 is 2.42 bits per heavy atom. The number of aromatic nitrogens is 1. The third kappa shape index (κ3) is 6.21. The summed E-state index contributed by atoms with van der Waals surface area (Å²) in [5, 5.41) is 5.19. The van der Waals surface area contributed by atoms with Gasteiger partial charge in [-0.3, -0.25) is 4.79 Å². The molecule has 1 atom stereocenters. The number of thiocarbonyl (C=S) groups is 1. The average molecular weight is 465 g/mol. The minimum Gasteiger partial charge on any atom is -0.356 e. The van der Waals surface area contributed by atoms with Gasteiger partial charge in [0.05, 0.1) is 18.1 Å². The Bertz CT molecular complexity index is 1140. The first kappa shape index (κ1) is 24.9. The van der Waals surface area contributed by atoms with Crippen LogP contribution in [-0.4, -0.2) is 46.1 Å². The van der Waals surface area contributed by atoms with Gasteiger partial charge in [0, 0.05) is 18.7 Å². The number of hydrogen-bond donors (Lipinski definition) is 2. The summed E-state index contributed by atoms with van der Waals surface area (Å²) in [6.45, 7) is 14.6. The van der Waals surface area contributed by atoms with Gasteiger partial charge in [-0.2, -0.15) is 0 Å². The van der Waals surface area contributed by atoms with E-state index < -0.39 is 0 Å². The second-order valence-corrected chi connectivity index (χ2v) is 9.01. The first-order valence-corrected chi connectivity index (χ1v) is 12.2. The fraction of sp³-hybridized carbons (Fsp3) is 0.407. The summed E-state index contributed by atoms with van der Waals surface area (Å²) in [7, 11) is 0. The standard InChI is InChI=1S/C27H36N4OS/c1-6-30(7-2)15-16-31(27(33)28-21(5)22-11-9-8-10-12-22)18-24-17-23-14-13-19(3)20(4)25(23)29-26(24)32/h8-14,17,21H,6-7,15-16,18H2,1-5H3,(H,28,33)(H,29,32)/t21-/m1/s1. The van der Waals surface area contributed by atoms with Gasteiger partial charge in [0.1, 0.15) is 0 Å². The predicted octanol–water partition coefficient (Wildman–Crippen LogP) is 4.92. The number of benzene rings is 2. The van der Waals surface area contributed by atoms with Crippen LogP contribution in [0.15, 0.2) is 53.3 Å². The molecule has 0 aliphatic rings. The van der Waals surface area contributed by atoms with Crippen molar-refractivity contribution in [1.29, 1.82) is 0 Å². The average Bonchev–Trinajstić information content (AvgIpc) is 2.82. The molecule has 0 fully saturated rings. The van der Waals surface area contributed by atoms with Crippen molar-refractivity contribution in [2.24, 2.45) is 0 Å². The molecule has 6 heteroatoms. The van der Waals surface area contributed by atoms with Gasteiger partial charge < -0.3 is 20.1 Å². The number of pyridine rings is 1. The zero-order valence-electron chi connectivity index (χ0n) is 20.4. The van der Waals surface area contributed by atoms with Crippen molar-refractivity contribution in [3.63, 3.8) is 0 Å². The molecule has 0 amide bonds. The first-order chi connectivity index (χ1) is 15.8. The van der Waals surface area contributed by atoms with Gasteiger partial charge in [-0.1, -0.05) is 56.3 Å². The molecule has 0 radical (unpaired) electrons. The second-order valence-electron chi connectivity index (χ2n) is 8.63. The van der Waals surface area contributed by atoms with Crippen LogP contribution in [0.1, 0.15) is 49.1 Å². The molecule has 2 N–H and O–H groups in total. The highest BCUT2D eigenvalue weighted by atomic mass is 32.1. The number of nitrogens with one attached hydrogen (secondary N) is 2. The third-order valence-corrected chi connectivity index (χ3v) is 6.87. The summed E-state index contributed by atoms with van der Waals surface area (Å²) < 4.78 is 0. The van der Waals surface area contributed by atoms with E-state index in [4.69, 9.17) is 12.2 Å².